The van der Waals surface area contributed by atoms with E-state index >= 15 is 0 Å². The number of carbonyl (C=O) groups excluding carboxylic acids is 1. The summed E-state index contributed by atoms with van der Waals surface area (Å²) in [5, 5.41) is 0.343. The summed E-state index contributed by atoms with van der Waals surface area (Å²) in [5.74, 6) is -0.492. The van der Waals surface area contributed by atoms with E-state index in [2.05, 4.69) is 0 Å². The second-order valence-corrected chi connectivity index (χ2v) is 4.15. The lowest BCUT2D eigenvalue weighted by Crippen LogP contribution is -2.08. The highest BCUT2D eigenvalue weighted by molar-refractivity contribution is 6.34. The van der Waals surface area contributed by atoms with Gasteiger partial charge in [0.25, 0.3) is 0 Å². The van der Waals surface area contributed by atoms with Crippen molar-refractivity contribution in [3.8, 4) is 11.1 Å². The lowest BCUT2D eigenvalue weighted by molar-refractivity contribution is 0.0603. The lowest BCUT2D eigenvalue weighted by atomic mass is 9.98. The molecule has 4 heteroatoms. The van der Waals surface area contributed by atoms with E-state index < -0.39 is 5.97 Å². The first kappa shape index (κ1) is 12.5. The third-order valence-corrected chi connectivity index (χ3v) is 3.00. The second kappa shape index (κ2) is 5.10. The molecule has 0 fully saturated rings. The number of methoxy groups -OCH3 is 1. The molecule has 2 aromatic carbocycles. The molecule has 0 atom stereocenters. The van der Waals surface area contributed by atoms with Crippen molar-refractivity contribution in [1.82, 2.24) is 0 Å². The Bertz CT molecular complexity index is 582. The van der Waals surface area contributed by atoms with E-state index in [4.69, 9.17) is 22.1 Å². The highest BCUT2D eigenvalue weighted by atomic mass is 35.5. The number of esters is 1. The Balaban J connectivity index is 2.68. The maximum absolute atomic E-state index is 11.8. The van der Waals surface area contributed by atoms with Crippen LogP contribution in [-0.2, 0) is 4.74 Å². The number of benzene rings is 2. The first-order chi connectivity index (χ1) is 8.65. The van der Waals surface area contributed by atoms with Gasteiger partial charge in [0.1, 0.15) is 0 Å². The van der Waals surface area contributed by atoms with Gasteiger partial charge in [-0.15, -0.1) is 0 Å². The number of hydrogen-bond donors (Lipinski definition) is 1. The van der Waals surface area contributed by atoms with E-state index in [-0.39, 0.29) is 5.69 Å². The zero-order valence-electron chi connectivity index (χ0n) is 9.81. The van der Waals surface area contributed by atoms with Gasteiger partial charge in [0.2, 0.25) is 0 Å². The molecule has 92 valence electrons. The number of halogens is 1. The Hall–Kier alpha value is -2.00. The van der Waals surface area contributed by atoms with Crippen LogP contribution in [0.3, 0.4) is 0 Å². The van der Waals surface area contributed by atoms with Crippen molar-refractivity contribution in [3.63, 3.8) is 0 Å². The molecule has 0 aromatic heterocycles. The molecule has 0 aliphatic rings. The fourth-order valence-electron chi connectivity index (χ4n) is 1.77. The van der Waals surface area contributed by atoms with Gasteiger partial charge in [-0.3, -0.25) is 0 Å². The van der Waals surface area contributed by atoms with Crippen LogP contribution in [0.1, 0.15) is 10.4 Å². The Labute approximate surface area is 110 Å². The van der Waals surface area contributed by atoms with E-state index in [0.717, 1.165) is 5.56 Å². The standard InChI is InChI=1S/C14H12ClNO2/c1-18-14(17)12-10(7-8-11(15)13(12)16)9-5-3-2-4-6-9/h2-8H,16H2,1H3. The van der Waals surface area contributed by atoms with Crippen molar-refractivity contribution in [2.45, 2.75) is 0 Å². The van der Waals surface area contributed by atoms with E-state index in [1.807, 2.05) is 30.3 Å². The summed E-state index contributed by atoms with van der Waals surface area (Å²) < 4.78 is 4.76. The average Bonchev–Trinajstić information content (AvgIpc) is 2.42. The quantitative estimate of drug-likeness (QED) is 0.666. The van der Waals surface area contributed by atoms with Crippen LogP contribution in [0.2, 0.25) is 5.02 Å². The van der Waals surface area contributed by atoms with Gasteiger partial charge in [-0.05, 0) is 17.2 Å². The minimum Gasteiger partial charge on any atom is -0.465 e. The summed E-state index contributed by atoms with van der Waals surface area (Å²) >= 11 is 5.94. The molecule has 0 unspecified atom stereocenters. The lowest BCUT2D eigenvalue weighted by Gasteiger charge is -2.12. The van der Waals surface area contributed by atoms with Gasteiger partial charge in [0, 0.05) is 0 Å². The summed E-state index contributed by atoms with van der Waals surface area (Å²) in [7, 11) is 1.32. The summed E-state index contributed by atoms with van der Waals surface area (Å²) in [6.45, 7) is 0. The van der Waals surface area contributed by atoms with Gasteiger partial charge >= 0.3 is 5.97 Å². The Morgan fingerprint density at radius 1 is 1.17 bits per heavy atom. The number of anilines is 1. The summed E-state index contributed by atoms with van der Waals surface area (Å²) in [6.07, 6.45) is 0. The third kappa shape index (κ3) is 2.17. The fraction of sp³-hybridized carbons (Fsp3) is 0.0714. The molecule has 0 heterocycles. The predicted octanol–water partition coefficient (Wildman–Crippen LogP) is 3.38. The molecule has 0 bridgehead atoms. The maximum Gasteiger partial charge on any atom is 0.340 e. The van der Waals surface area contributed by atoms with Crippen LogP contribution < -0.4 is 5.73 Å². The maximum atomic E-state index is 11.8. The van der Waals surface area contributed by atoms with Crippen LogP contribution in [0, 0.1) is 0 Å². The molecule has 3 nitrogen and oxygen atoms in total. The minimum absolute atomic E-state index is 0.241. The van der Waals surface area contributed by atoms with Gasteiger partial charge in [-0.1, -0.05) is 48.0 Å². The molecule has 0 aliphatic heterocycles. The van der Waals surface area contributed by atoms with Crippen LogP contribution in [-0.4, -0.2) is 13.1 Å². The van der Waals surface area contributed by atoms with Crippen LogP contribution in [0.15, 0.2) is 42.5 Å². The first-order valence-corrected chi connectivity index (χ1v) is 5.74. The number of nitrogens with two attached hydrogens (primary N) is 1. The number of ether oxygens (including phenoxy) is 1. The molecule has 0 saturated carbocycles. The molecule has 2 rings (SSSR count). The van der Waals surface area contributed by atoms with Crippen LogP contribution in [0.4, 0.5) is 5.69 Å². The Morgan fingerprint density at radius 2 is 1.83 bits per heavy atom. The van der Waals surface area contributed by atoms with Crippen molar-refractivity contribution in [1.29, 1.82) is 0 Å². The van der Waals surface area contributed by atoms with Crippen LogP contribution in [0.25, 0.3) is 11.1 Å². The van der Waals surface area contributed by atoms with Crippen molar-refractivity contribution >= 4 is 23.3 Å². The summed E-state index contributed by atoms with van der Waals surface area (Å²) in [4.78, 5) is 11.8. The zero-order valence-corrected chi connectivity index (χ0v) is 10.6. The van der Waals surface area contributed by atoms with Crippen LogP contribution >= 0.6 is 11.6 Å². The number of hydrogen-bond acceptors (Lipinski definition) is 3. The number of carbonyl (C=O) groups is 1. The van der Waals surface area contributed by atoms with E-state index in [1.54, 1.807) is 12.1 Å². The largest absolute Gasteiger partial charge is 0.465 e. The number of nitrogen functional groups attached to an aromatic ring is 1. The first-order valence-electron chi connectivity index (χ1n) is 5.37. The van der Waals surface area contributed by atoms with Gasteiger partial charge in [-0.2, -0.15) is 0 Å². The molecule has 0 aliphatic carbocycles. The monoisotopic (exact) mass is 261 g/mol. The van der Waals surface area contributed by atoms with E-state index in [9.17, 15) is 4.79 Å². The van der Waals surface area contributed by atoms with E-state index in [1.165, 1.54) is 7.11 Å². The van der Waals surface area contributed by atoms with Gasteiger partial charge in [-0.25, -0.2) is 4.79 Å². The fourth-order valence-corrected chi connectivity index (χ4v) is 1.93. The van der Waals surface area contributed by atoms with E-state index in [0.29, 0.717) is 16.1 Å². The van der Waals surface area contributed by atoms with Crippen molar-refractivity contribution in [2.75, 3.05) is 12.8 Å². The molecule has 0 saturated heterocycles. The van der Waals surface area contributed by atoms with Crippen LogP contribution in [0.5, 0.6) is 0 Å². The molecule has 2 aromatic rings. The molecule has 0 spiro atoms. The third-order valence-electron chi connectivity index (χ3n) is 2.67. The molecule has 18 heavy (non-hydrogen) atoms. The van der Waals surface area contributed by atoms with Gasteiger partial charge in [0.15, 0.2) is 0 Å². The predicted molar refractivity (Wildman–Crippen MR) is 72.6 cm³/mol. The SMILES string of the molecule is COC(=O)c1c(-c2ccccc2)ccc(Cl)c1N. The topological polar surface area (TPSA) is 52.3 Å². The normalized spacial score (nSPS) is 10.1. The second-order valence-electron chi connectivity index (χ2n) is 3.74. The Kier molecular flexibility index (Phi) is 3.53. The number of rotatable bonds is 2. The van der Waals surface area contributed by atoms with Gasteiger partial charge in [0.05, 0.1) is 23.4 Å². The minimum atomic E-state index is -0.492. The highest BCUT2D eigenvalue weighted by Crippen LogP contribution is 2.33. The molecular weight excluding hydrogens is 250 g/mol. The van der Waals surface area contributed by atoms with Crippen molar-refractivity contribution in [3.05, 3.63) is 53.1 Å². The average molecular weight is 262 g/mol. The molecule has 2 N–H and O–H groups in total. The smallest absolute Gasteiger partial charge is 0.340 e. The zero-order chi connectivity index (χ0) is 13.1. The van der Waals surface area contributed by atoms with Gasteiger partial charge < -0.3 is 10.5 Å². The highest BCUT2D eigenvalue weighted by Gasteiger charge is 2.18. The van der Waals surface area contributed by atoms with Crippen molar-refractivity contribution < 1.29 is 9.53 Å². The Morgan fingerprint density at radius 3 is 2.44 bits per heavy atom. The summed E-state index contributed by atoms with van der Waals surface area (Å²) in [6, 6.07) is 12.9. The molecule has 0 radical (unpaired) electrons. The molecule has 0 amide bonds. The van der Waals surface area contributed by atoms with Crippen molar-refractivity contribution in [2.24, 2.45) is 0 Å². The molecular formula is C14H12ClNO2. The summed E-state index contributed by atoms with van der Waals surface area (Å²) in [5.41, 5.74) is 8.01.